The van der Waals surface area contributed by atoms with Crippen LogP contribution < -0.4 is 11.2 Å². The van der Waals surface area contributed by atoms with E-state index >= 15 is 0 Å². The fraction of sp³-hybridized carbons (Fsp3) is 0.222. The average molecular weight is 207 g/mol. The average Bonchev–Trinajstić information content (AvgIpc) is 2.26. The lowest BCUT2D eigenvalue weighted by atomic mass is 10.2. The Kier molecular flexibility index (Phi) is 3.75. The summed E-state index contributed by atoms with van der Waals surface area (Å²) in [6.45, 7) is 0. The second-order valence-electron chi connectivity index (χ2n) is 2.85. The number of hydrazine groups is 1. The minimum atomic E-state index is -0.453. The molecule has 0 unspecified atom stereocenters. The van der Waals surface area contributed by atoms with Gasteiger partial charge in [-0.15, -0.1) is 5.11 Å². The predicted molar refractivity (Wildman–Crippen MR) is 56.3 cm³/mol. The van der Waals surface area contributed by atoms with Gasteiger partial charge in [-0.3, -0.25) is 4.79 Å². The van der Waals surface area contributed by atoms with Crippen molar-refractivity contribution in [2.45, 2.75) is 0 Å². The van der Waals surface area contributed by atoms with Crippen molar-refractivity contribution in [3.63, 3.8) is 0 Å². The first-order valence-corrected chi connectivity index (χ1v) is 4.36. The molecule has 3 N–H and O–H groups in total. The summed E-state index contributed by atoms with van der Waals surface area (Å²) in [7, 11) is 3.45. The number of nitrogens with two attached hydrogens (primary N) is 1. The fourth-order valence-electron chi connectivity index (χ4n) is 0.856. The minimum absolute atomic E-state index is 0.453. The van der Waals surface area contributed by atoms with Crippen LogP contribution in [0.5, 0.6) is 0 Å². The van der Waals surface area contributed by atoms with Gasteiger partial charge in [-0.2, -0.15) is 0 Å². The first kappa shape index (κ1) is 11.1. The highest BCUT2D eigenvalue weighted by atomic mass is 16.1. The van der Waals surface area contributed by atoms with E-state index in [4.69, 9.17) is 5.73 Å². The van der Waals surface area contributed by atoms with Crippen molar-refractivity contribution in [3.05, 3.63) is 29.8 Å². The monoisotopic (exact) mass is 207 g/mol. The zero-order chi connectivity index (χ0) is 11.3. The quantitative estimate of drug-likeness (QED) is 0.567. The Morgan fingerprint density at radius 1 is 1.40 bits per heavy atom. The summed E-state index contributed by atoms with van der Waals surface area (Å²) in [6.07, 6.45) is 0. The van der Waals surface area contributed by atoms with Crippen molar-refractivity contribution in [2.24, 2.45) is 16.1 Å². The molecule has 0 saturated heterocycles. The Morgan fingerprint density at radius 2 is 2.00 bits per heavy atom. The number of benzene rings is 1. The Labute approximate surface area is 87.7 Å². The number of nitrogens with zero attached hydrogens (tertiary/aromatic N) is 3. The molecule has 0 aromatic heterocycles. The van der Waals surface area contributed by atoms with Crippen LogP contribution in [-0.4, -0.2) is 25.1 Å². The van der Waals surface area contributed by atoms with E-state index in [1.807, 2.05) is 0 Å². The molecule has 80 valence electrons. The van der Waals surface area contributed by atoms with E-state index in [9.17, 15) is 4.79 Å². The number of hydrogen-bond donors (Lipinski definition) is 2. The Bertz CT molecular complexity index is 359. The second kappa shape index (κ2) is 5.06. The van der Waals surface area contributed by atoms with Crippen LogP contribution in [0, 0.1) is 0 Å². The third kappa shape index (κ3) is 3.35. The van der Waals surface area contributed by atoms with Crippen molar-refractivity contribution in [3.8, 4) is 0 Å². The summed E-state index contributed by atoms with van der Waals surface area (Å²) in [6, 6.07) is 6.56. The highest BCUT2D eigenvalue weighted by Gasteiger charge is 1.98. The third-order valence-corrected chi connectivity index (χ3v) is 1.77. The van der Waals surface area contributed by atoms with E-state index in [2.05, 4.69) is 15.8 Å². The number of carbonyl (C=O) groups excluding carboxylic acids is 1. The molecule has 0 bridgehead atoms. The summed E-state index contributed by atoms with van der Waals surface area (Å²) in [5.41, 5.74) is 8.97. The molecule has 1 amide bonds. The summed E-state index contributed by atoms with van der Waals surface area (Å²) in [4.78, 5) is 10.8. The van der Waals surface area contributed by atoms with Gasteiger partial charge in [0.15, 0.2) is 0 Å². The maximum atomic E-state index is 10.8. The topological polar surface area (TPSA) is 83.1 Å². The lowest BCUT2D eigenvalue weighted by Gasteiger charge is -2.06. The molecule has 0 radical (unpaired) electrons. The van der Waals surface area contributed by atoms with Crippen molar-refractivity contribution < 1.29 is 4.79 Å². The molecule has 0 aliphatic heterocycles. The van der Waals surface area contributed by atoms with Crippen LogP contribution in [0.4, 0.5) is 5.69 Å². The molecular weight excluding hydrogens is 194 g/mol. The Balaban J connectivity index is 2.72. The van der Waals surface area contributed by atoms with Crippen LogP contribution >= 0.6 is 0 Å². The number of hydrogen-bond acceptors (Lipinski definition) is 4. The van der Waals surface area contributed by atoms with Crippen LogP contribution in [0.1, 0.15) is 10.4 Å². The summed E-state index contributed by atoms with van der Waals surface area (Å²) < 4.78 is 0. The highest BCUT2D eigenvalue weighted by Crippen LogP contribution is 2.13. The van der Waals surface area contributed by atoms with Crippen LogP contribution in [0.3, 0.4) is 0 Å². The Morgan fingerprint density at radius 3 is 2.47 bits per heavy atom. The van der Waals surface area contributed by atoms with Gasteiger partial charge in [0.25, 0.3) is 0 Å². The number of nitrogens with one attached hydrogen (secondary N) is 1. The van der Waals surface area contributed by atoms with Crippen molar-refractivity contribution in [1.29, 1.82) is 0 Å². The van der Waals surface area contributed by atoms with E-state index in [1.54, 1.807) is 38.4 Å². The maximum absolute atomic E-state index is 10.8. The molecule has 1 aromatic rings. The molecule has 6 heteroatoms. The smallest absolute Gasteiger partial charge is 0.248 e. The lowest BCUT2D eigenvalue weighted by Crippen LogP contribution is -2.24. The van der Waals surface area contributed by atoms with Crippen LogP contribution in [0.25, 0.3) is 0 Å². The molecule has 1 aromatic carbocycles. The largest absolute Gasteiger partial charge is 0.366 e. The van der Waals surface area contributed by atoms with Gasteiger partial charge in [0.2, 0.25) is 5.91 Å². The fourth-order valence-corrected chi connectivity index (χ4v) is 0.856. The molecule has 0 spiro atoms. The van der Waals surface area contributed by atoms with Crippen LogP contribution in [0.15, 0.2) is 34.6 Å². The van der Waals surface area contributed by atoms with E-state index < -0.39 is 5.91 Å². The molecule has 15 heavy (non-hydrogen) atoms. The molecular formula is C9H13N5O. The van der Waals surface area contributed by atoms with Gasteiger partial charge in [0.05, 0.1) is 5.69 Å². The summed E-state index contributed by atoms with van der Waals surface area (Å²) in [5, 5.41) is 9.19. The molecule has 0 heterocycles. The Hall–Kier alpha value is -1.95. The van der Waals surface area contributed by atoms with Crippen molar-refractivity contribution >= 4 is 11.6 Å². The van der Waals surface area contributed by atoms with Gasteiger partial charge in [-0.25, -0.2) is 10.5 Å². The minimum Gasteiger partial charge on any atom is -0.366 e. The standard InChI is InChI=1S/C9H13N5O/c1-11-14(2)13-12-8-5-3-7(4-6-8)9(10)15/h3-6,11H,1-2H3,(H2,10,15). The second-order valence-corrected chi connectivity index (χ2v) is 2.85. The zero-order valence-electron chi connectivity index (χ0n) is 8.64. The van der Waals surface area contributed by atoms with Gasteiger partial charge < -0.3 is 5.73 Å². The highest BCUT2D eigenvalue weighted by molar-refractivity contribution is 5.92. The van der Waals surface area contributed by atoms with Crippen LogP contribution in [0.2, 0.25) is 0 Å². The number of carbonyl (C=O) groups is 1. The number of rotatable bonds is 4. The summed E-state index contributed by atoms with van der Waals surface area (Å²) >= 11 is 0. The molecule has 0 atom stereocenters. The van der Waals surface area contributed by atoms with E-state index in [1.165, 1.54) is 5.12 Å². The molecule has 0 fully saturated rings. The predicted octanol–water partition coefficient (Wildman–Crippen LogP) is 0.850. The van der Waals surface area contributed by atoms with Gasteiger partial charge in [0.1, 0.15) is 0 Å². The maximum Gasteiger partial charge on any atom is 0.248 e. The van der Waals surface area contributed by atoms with E-state index in [0.717, 1.165) is 0 Å². The number of primary amides is 1. The van der Waals surface area contributed by atoms with Crippen LogP contribution in [-0.2, 0) is 0 Å². The van der Waals surface area contributed by atoms with E-state index in [-0.39, 0.29) is 0 Å². The normalized spacial score (nSPS) is 10.5. The van der Waals surface area contributed by atoms with Gasteiger partial charge in [-0.05, 0) is 24.3 Å². The first-order chi connectivity index (χ1) is 7.13. The van der Waals surface area contributed by atoms with Crippen molar-refractivity contribution in [2.75, 3.05) is 14.1 Å². The number of amides is 1. The van der Waals surface area contributed by atoms with Crippen molar-refractivity contribution in [1.82, 2.24) is 10.5 Å². The molecule has 0 aliphatic rings. The van der Waals surface area contributed by atoms with Gasteiger partial charge in [-0.1, -0.05) is 5.22 Å². The SMILES string of the molecule is CNN(C)N=Nc1ccc(C(N)=O)cc1. The third-order valence-electron chi connectivity index (χ3n) is 1.77. The van der Waals surface area contributed by atoms with Gasteiger partial charge in [0, 0.05) is 19.7 Å². The van der Waals surface area contributed by atoms with E-state index in [0.29, 0.717) is 11.3 Å². The molecule has 0 aliphatic carbocycles. The first-order valence-electron chi connectivity index (χ1n) is 4.36. The summed E-state index contributed by atoms with van der Waals surface area (Å²) in [5.74, 6) is -0.453. The molecule has 6 nitrogen and oxygen atoms in total. The van der Waals surface area contributed by atoms with Gasteiger partial charge >= 0.3 is 0 Å². The lowest BCUT2D eigenvalue weighted by molar-refractivity contribution is 0.100. The molecule has 0 saturated carbocycles. The molecule has 1 rings (SSSR count). The zero-order valence-corrected chi connectivity index (χ0v) is 8.64.